The zero-order valence-corrected chi connectivity index (χ0v) is 8.74. The lowest BCUT2D eigenvalue weighted by Crippen LogP contribution is -1.90. The van der Waals surface area contributed by atoms with E-state index in [-0.39, 0.29) is 5.82 Å². The lowest BCUT2D eigenvalue weighted by Gasteiger charge is -2.06. The van der Waals surface area contributed by atoms with Crippen LogP contribution in [0.3, 0.4) is 0 Å². The van der Waals surface area contributed by atoms with Gasteiger partial charge in [0.15, 0.2) is 0 Å². The van der Waals surface area contributed by atoms with E-state index >= 15 is 0 Å². The van der Waals surface area contributed by atoms with E-state index in [9.17, 15) is 4.39 Å². The normalized spacial score (nSPS) is 9.81. The van der Waals surface area contributed by atoms with Crippen LogP contribution in [0.15, 0.2) is 36.7 Å². The molecule has 0 radical (unpaired) electrons. The van der Waals surface area contributed by atoms with E-state index in [0.717, 1.165) is 16.7 Å². The zero-order valence-electron chi connectivity index (χ0n) is 8.74. The Kier molecular flexibility index (Phi) is 2.65. The second-order valence-electron chi connectivity index (χ2n) is 3.48. The maximum Gasteiger partial charge on any atom is 0.123 e. The van der Waals surface area contributed by atoms with Crippen LogP contribution in [0, 0.1) is 24.1 Å². The molecule has 0 spiro atoms. The van der Waals surface area contributed by atoms with Crippen molar-refractivity contribution < 1.29 is 4.39 Å². The van der Waals surface area contributed by atoms with Crippen LogP contribution in [0.25, 0.3) is 11.1 Å². The summed E-state index contributed by atoms with van der Waals surface area (Å²) in [6, 6.07) is 8.33. The predicted molar refractivity (Wildman–Crippen MR) is 59.1 cm³/mol. The highest BCUT2D eigenvalue weighted by atomic mass is 19.1. The van der Waals surface area contributed by atoms with Crippen LogP contribution >= 0.6 is 0 Å². The smallest absolute Gasteiger partial charge is 0.123 e. The minimum absolute atomic E-state index is 0.292. The Hall–Kier alpha value is -2.21. The molecule has 0 unspecified atom stereocenters. The summed E-state index contributed by atoms with van der Waals surface area (Å²) in [5.74, 6) is -0.292. The number of nitriles is 1. The Balaban J connectivity index is 2.62. The van der Waals surface area contributed by atoms with Crippen LogP contribution in [0.2, 0.25) is 0 Å². The third-order valence-corrected chi connectivity index (χ3v) is 2.47. The number of pyridine rings is 1. The Morgan fingerprint density at radius 3 is 2.81 bits per heavy atom. The average Bonchev–Trinajstić information content (AvgIpc) is 2.29. The molecule has 1 aromatic carbocycles. The van der Waals surface area contributed by atoms with Gasteiger partial charge in [-0.2, -0.15) is 5.26 Å². The number of rotatable bonds is 1. The summed E-state index contributed by atoms with van der Waals surface area (Å²) in [5, 5.41) is 8.88. The summed E-state index contributed by atoms with van der Waals surface area (Å²) >= 11 is 0. The van der Waals surface area contributed by atoms with Crippen LogP contribution in [0.5, 0.6) is 0 Å². The SMILES string of the molecule is Cc1c(C#N)cncc1-c1cccc(F)c1. The highest BCUT2D eigenvalue weighted by Gasteiger charge is 2.06. The monoisotopic (exact) mass is 212 g/mol. The number of benzene rings is 1. The van der Waals surface area contributed by atoms with Gasteiger partial charge in [0.2, 0.25) is 0 Å². The fourth-order valence-electron chi connectivity index (χ4n) is 1.58. The number of nitrogens with zero attached hydrogens (tertiary/aromatic N) is 2. The minimum Gasteiger partial charge on any atom is -0.263 e. The fourth-order valence-corrected chi connectivity index (χ4v) is 1.58. The first-order chi connectivity index (χ1) is 7.72. The third-order valence-electron chi connectivity index (χ3n) is 2.47. The molecule has 0 aliphatic carbocycles. The molecule has 0 saturated carbocycles. The first kappa shape index (κ1) is 10.3. The Bertz CT molecular complexity index is 570. The molecule has 16 heavy (non-hydrogen) atoms. The molecule has 3 heteroatoms. The molecule has 0 fully saturated rings. The lowest BCUT2D eigenvalue weighted by atomic mass is 10.00. The topological polar surface area (TPSA) is 36.7 Å². The number of aromatic nitrogens is 1. The molecule has 1 heterocycles. The molecule has 0 aliphatic heterocycles. The quantitative estimate of drug-likeness (QED) is 0.728. The first-order valence-corrected chi connectivity index (χ1v) is 4.83. The van der Waals surface area contributed by atoms with Crippen molar-refractivity contribution in [2.75, 3.05) is 0 Å². The Labute approximate surface area is 93.0 Å². The summed E-state index contributed by atoms with van der Waals surface area (Å²) in [6.45, 7) is 1.83. The Morgan fingerprint density at radius 2 is 2.12 bits per heavy atom. The van der Waals surface area contributed by atoms with Gasteiger partial charge in [0.05, 0.1) is 5.56 Å². The van der Waals surface area contributed by atoms with Crippen LogP contribution in [0.1, 0.15) is 11.1 Å². The van der Waals surface area contributed by atoms with E-state index < -0.39 is 0 Å². The standard InChI is InChI=1S/C13H9FN2/c1-9-11(6-15)7-16-8-13(9)10-3-2-4-12(14)5-10/h2-5,7-8H,1H3. The van der Waals surface area contributed by atoms with Crippen molar-refractivity contribution in [2.24, 2.45) is 0 Å². The number of hydrogen-bond donors (Lipinski definition) is 0. The highest BCUT2D eigenvalue weighted by Crippen LogP contribution is 2.24. The second-order valence-corrected chi connectivity index (χ2v) is 3.48. The van der Waals surface area contributed by atoms with E-state index in [1.54, 1.807) is 18.3 Å². The molecule has 0 N–H and O–H groups in total. The predicted octanol–water partition coefficient (Wildman–Crippen LogP) is 3.07. The Morgan fingerprint density at radius 1 is 1.31 bits per heavy atom. The number of halogens is 1. The summed E-state index contributed by atoms with van der Waals surface area (Å²) in [7, 11) is 0. The molecule has 1 aromatic heterocycles. The van der Waals surface area contributed by atoms with Crippen molar-refractivity contribution >= 4 is 0 Å². The summed E-state index contributed by atoms with van der Waals surface area (Å²) in [6.07, 6.45) is 3.16. The van der Waals surface area contributed by atoms with Gasteiger partial charge in [-0.15, -0.1) is 0 Å². The van der Waals surface area contributed by atoms with Crippen LogP contribution < -0.4 is 0 Å². The van der Waals surface area contributed by atoms with Gasteiger partial charge < -0.3 is 0 Å². The van der Waals surface area contributed by atoms with Gasteiger partial charge in [-0.25, -0.2) is 4.39 Å². The van der Waals surface area contributed by atoms with Crippen LogP contribution in [-0.4, -0.2) is 4.98 Å². The third kappa shape index (κ3) is 1.78. The van der Waals surface area contributed by atoms with Crippen LogP contribution in [0.4, 0.5) is 4.39 Å². The van der Waals surface area contributed by atoms with E-state index in [1.165, 1.54) is 18.3 Å². The first-order valence-electron chi connectivity index (χ1n) is 4.83. The second kappa shape index (κ2) is 4.11. The van der Waals surface area contributed by atoms with Crippen LogP contribution in [-0.2, 0) is 0 Å². The fraction of sp³-hybridized carbons (Fsp3) is 0.0769. The van der Waals surface area contributed by atoms with Crippen molar-refractivity contribution in [3.63, 3.8) is 0 Å². The van der Waals surface area contributed by atoms with Gasteiger partial charge in [0.1, 0.15) is 11.9 Å². The molecule has 0 saturated heterocycles. The highest BCUT2D eigenvalue weighted by molar-refractivity contribution is 5.68. The van der Waals surface area contributed by atoms with Gasteiger partial charge in [-0.05, 0) is 30.2 Å². The van der Waals surface area contributed by atoms with Gasteiger partial charge in [-0.3, -0.25) is 4.98 Å². The lowest BCUT2D eigenvalue weighted by molar-refractivity contribution is 0.628. The van der Waals surface area contributed by atoms with Crippen molar-refractivity contribution in [1.82, 2.24) is 4.98 Å². The zero-order chi connectivity index (χ0) is 11.5. The van der Waals surface area contributed by atoms with Crippen molar-refractivity contribution in [2.45, 2.75) is 6.92 Å². The molecule has 78 valence electrons. The molecule has 0 amide bonds. The molecule has 0 aliphatic rings. The summed E-state index contributed by atoms with van der Waals surface area (Å²) in [5.41, 5.74) is 2.87. The molecule has 0 bridgehead atoms. The van der Waals surface area contributed by atoms with Crippen molar-refractivity contribution in [1.29, 1.82) is 5.26 Å². The van der Waals surface area contributed by atoms with Gasteiger partial charge in [0, 0.05) is 18.0 Å². The molecular formula is C13H9FN2. The van der Waals surface area contributed by atoms with Crippen molar-refractivity contribution in [3.05, 3.63) is 53.6 Å². The van der Waals surface area contributed by atoms with Crippen molar-refractivity contribution in [3.8, 4) is 17.2 Å². The summed E-state index contributed by atoms with van der Waals surface area (Å²) < 4.78 is 13.1. The molecular weight excluding hydrogens is 203 g/mol. The summed E-state index contributed by atoms with van der Waals surface area (Å²) in [4.78, 5) is 3.98. The van der Waals surface area contributed by atoms with E-state index in [4.69, 9.17) is 5.26 Å². The van der Waals surface area contributed by atoms with E-state index in [0.29, 0.717) is 5.56 Å². The maximum absolute atomic E-state index is 13.1. The molecule has 2 nitrogen and oxygen atoms in total. The molecule has 2 aromatic rings. The van der Waals surface area contributed by atoms with E-state index in [2.05, 4.69) is 11.1 Å². The van der Waals surface area contributed by atoms with E-state index in [1.807, 2.05) is 6.92 Å². The van der Waals surface area contributed by atoms with Gasteiger partial charge in [0.25, 0.3) is 0 Å². The maximum atomic E-state index is 13.1. The van der Waals surface area contributed by atoms with Gasteiger partial charge >= 0.3 is 0 Å². The minimum atomic E-state index is -0.292. The average molecular weight is 212 g/mol. The molecule has 2 rings (SSSR count). The molecule has 0 atom stereocenters. The largest absolute Gasteiger partial charge is 0.263 e. The number of hydrogen-bond acceptors (Lipinski definition) is 2. The van der Waals surface area contributed by atoms with Gasteiger partial charge in [-0.1, -0.05) is 12.1 Å².